The number of carbonyl (C=O) groups is 1. The fourth-order valence-electron chi connectivity index (χ4n) is 1.47. The van der Waals surface area contributed by atoms with Crippen LogP contribution in [0.15, 0.2) is 29.7 Å². The number of nitrogens with zero attached hydrogens (tertiary/aromatic N) is 3. The van der Waals surface area contributed by atoms with Gasteiger partial charge in [0.25, 0.3) is 0 Å². The second-order valence-electron chi connectivity index (χ2n) is 4.21. The summed E-state index contributed by atoms with van der Waals surface area (Å²) in [5, 5.41) is 10.5. The SMILES string of the molecule is CC(Sc1nncn1C)C(=O)Nc1ccc(F)cc1N. The van der Waals surface area contributed by atoms with E-state index < -0.39 is 5.82 Å². The van der Waals surface area contributed by atoms with E-state index in [2.05, 4.69) is 15.5 Å². The van der Waals surface area contributed by atoms with Gasteiger partial charge in [0.1, 0.15) is 12.1 Å². The van der Waals surface area contributed by atoms with Gasteiger partial charge >= 0.3 is 0 Å². The van der Waals surface area contributed by atoms with Crippen molar-refractivity contribution in [3.05, 3.63) is 30.3 Å². The number of rotatable bonds is 4. The number of benzene rings is 1. The molecule has 0 spiro atoms. The number of hydrogen-bond donors (Lipinski definition) is 2. The quantitative estimate of drug-likeness (QED) is 0.662. The summed E-state index contributed by atoms with van der Waals surface area (Å²) < 4.78 is 14.6. The van der Waals surface area contributed by atoms with Crippen LogP contribution in [0.25, 0.3) is 0 Å². The molecule has 0 aliphatic heterocycles. The van der Waals surface area contributed by atoms with Crippen molar-refractivity contribution in [1.82, 2.24) is 14.8 Å². The van der Waals surface area contributed by atoms with Gasteiger partial charge in [-0.1, -0.05) is 11.8 Å². The van der Waals surface area contributed by atoms with Gasteiger partial charge < -0.3 is 15.6 Å². The molecule has 106 valence electrons. The van der Waals surface area contributed by atoms with Crippen LogP contribution in [0.3, 0.4) is 0 Å². The summed E-state index contributed by atoms with van der Waals surface area (Å²) in [4.78, 5) is 12.0. The van der Waals surface area contributed by atoms with Gasteiger partial charge in [-0.3, -0.25) is 4.79 Å². The molecular formula is C12H14FN5OS. The van der Waals surface area contributed by atoms with E-state index in [1.165, 1.54) is 23.9 Å². The monoisotopic (exact) mass is 295 g/mol. The van der Waals surface area contributed by atoms with Gasteiger partial charge in [-0.05, 0) is 25.1 Å². The van der Waals surface area contributed by atoms with Crippen molar-refractivity contribution in [1.29, 1.82) is 0 Å². The first-order chi connectivity index (χ1) is 9.47. The molecule has 6 nitrogen and oxygen atoms in total. The van der Waals surface area contributed by atoms with Crippen LogP contribution in [-0.4, -0.2) is 25.9 Å². The largest absolute Gasteiger partial charge is 0.397 e. The lowest BCUT2D eigenvalue weighted by atomic mass is 10.2. The first-order valence-electron chi connectivity index (χ1n) is 5.84. The Hall–Kier alpha value is -2.09. The third-order valence-electron chi connectivity index (χ3n) is 2.59. The fourth-order valence-corrected chi connectivity index (χ4v) is 2.26. The average molecular weight is 295 g/mol. The number of nitrogens with two attached hydrogens (primary N) is 1. The van der Waals surface area contributed by atoms with Crippen LogP contribution >= 0.6 is 11.8 Å². The van der Waals surface area contributed by atoms with E-state index in [-0.39, 0.29) is 16.8 Å². The summed E-state index contributed by atoms with van der Waals surface area (Å²) in [5.41, 5.74) is 6.22. The van der Waals surface area contributed by atoms with E-state index >= 15 is 0 Å². The molecule has 0 radical (unpaired) electrons. The molecule has 2 rings (SSSR count). The Kier molecular flexibility index (Phi) is 4.23. The first-order valence-corrected chi connectivity index (χ1v) is 6.72. The van der Waals surface area contributed by atoms with Crippen molar-refractivity contribution in [2.45, 2.75) is 17.3 Å². The minimum Gasteiger partial charge on any atom is -0.397 e. The Morgan fingerprint density at radius 3 is 2.90 bits per heavy atom. The molecule has 0 aliphatic rings. The topological polar surface area (TPSA) is 85.8 Å². The molecule has 20 heavy (non-hydrogen) atoms. The van der Waals surface area contributed by atoms with E-state index in [9.17, 15) is 9.18 Å². The molecule has 1 aromatic heterocycles. The number of halogens is 1. The third-order valence-corrected chi connectivity index (χ3v) is 3.74. The minimum absolute atomic E-state index is 0.189. The molecule has 0 aliphatic carbocycles. The molecule has 0 bridgehead atoms. The van der Waals surface area contributed by atoms with Crippen LogP contribution in [0.5, 0.6) is 0 Å². The van der Waals surface area contributed by atoms with Crippen LogP contribution in [0.1, 0.15) is 6.92 Å². The van der Waals surface area contributed by atoms with Crippen LogP contribution in [-0.2, 0) is 11.8 Å². The van der Waals surface area contributed by atoms with Gasteiger partial charge in [0.15, 0.2) is 5.16 Å². The number of thioether (sulfide) groups is 1. The summed E-state index contributed by atoms with van der Waals surface area (Å²) in [6.07, 6.45) is 1.56. The molecule has 3 N–H and O–H groups in total. The number of carbonyl (C=O) groups excluding carboxylic acids is 1. The van der Waals surface area contributed by atoms with Crippen molar-refractivity contribution < 1.29 is 9.18 Å². The molecule has 1 aromatic carbocycles. The Labute approximate surface area is 119 Å². The maximum Gasteiger partial charge on any atom is 0.237 e. The van der Waals surface area contributed by atoms with Crippen molar-refractivity contribution >= 4 is 29.0 Å². The van der Waals surface area contributed by atoms with E-state index in [0.717, 1.165) is 6.07 Å². The third kappa shape index (κ3) is 3.27. The molecule has 8 heteroatoms. The standard InChI is InChI=1S/C12H14FN5OS/c1-7(20-12-17-15-6-18(12)2)11(19)16-10-4-3-8(13)5-9(10)14/h3-7H,14H2,1-2H3,(H,16,19). The highest BCUT2D eigenvalue weighted by molar-refractivity contribution is 8.00. The predicted octanol–water partition coefficient (Wildman–Crippen LogP) is 1.66. The molecule has 1 heterocycles. The zero-order valence-electron chi connectivity index (χ0n) is 11.0. The number of amides is 1. The van der Waals surface area contributed by atoms with Gasteiger partial charge in [0, 0.05) is 7.05 Å². The molecule has 0 saturated heterocycles. The lowest BCUT2D eigenvalue weighted by Gasteiger charge is -2.12. The summed E-state index contributed by atoms with van der Waals surface area (Å²) in [6, 6.07) is 3.84. The number of hydrogen-bond acceptors (Lipinski definition) is 5. The van der Waals surface area contributed by atoms with Crippen LogP contribution in [0, 0.1) is 5.82 Å². The summed E-state index contributed by atoms with van der Waals surface area (Å²) >= 11 is 1.28. The predicted molar refractivity (Wildman–Crippen MR) is 75.8 cm³/mol. The van der Waals surface area contributed by atoms with Gasteiger partial charge in [-0.2, -0.15) is 0 Å². The van der Waals surface area contributed by atoms with Crippen molar-refractivity contribution in [2.75, 3.05) is 11.1 Å². The van der Waals surface area contributed by atoms with Gasteiger partial charge in [0.05, 0.1) is 16.6 Å². The molecule has 1 amide bonds. The van der Waals surface area contributed by atoms with Gasteiger partial charge in [-0.15, -0.1) is 10.2 Å². The number of nitrogen functional groups attached to an aromatic ring is 1. The van der Waals surface area contributed by atoms with Crippen molar-refractivity contribution in [3.8, 4) is 0 Å². The highest BCUT2D eigenvalue weighted by atomic mass is 32.2. The second kappa shape index (κ2) is 5.91. The van der Waals surface area contributed by atoms with Gasteiger partial charge in [-0.25, -0.2) is 4.39 Å². The maximum atomic E-state index is 12.9. The normalized spacial score (nSPS) is 12.2. The Balaban J connectivity index is 2.02. The number of nitrogens with one attached hydrogen (secondary N) is 1. The number of anilines is 2. The fraction of sp³-hybridized carbons (Fsp3) is 0.250. The Bertz CT molecular complexity index is 630. The lowest BCUT2D eigenvalue weighted by Crippen LogP contribution is -2.23. The zero-order chi connectivity index (χ0) is 14.7. The molecule has 0 fully saturated rings. The average Bonchev–Trinajstić information content (AvgIpc) is 2.78. The first kappa shape index (κ1) is 14.3. The lowest BCUT2D eigenvalue weighted by molar-refractivity contribution is -0.115. The van der Waals surface area contributed by atoms with Crippen LogP contribution in [0.4, 0.5) is 15.8 Å². The number of aryl methyl sites for hydroxylation is 1. The molecule has 2 aromatic rings. The highest BCUT2D eigenvalue weighted by Gasteiger charge is 2.18. The van der Waals surface area contributed by atoms with Gasteiger partial charge in [0.2, 0.25) is 5.91 Å². The molecule has 0 saturated carbocycles. The van der Waals surface area contributed by atoms with Crippen molar-refractivity contribution in [3.63, 3.8) is 0 Å². The Morgan fingerprint density at radius 1 is 1.55 bits per heavy atom. The highest BCUT2D eigenvalue weighted by Crippen LogP contribution is 2.23. The summed E-state index contributed by atoms with van der Waals surface area (Å²) in [5.74, 6) is -0.682. The molecular weight excluding hydrogens is 281 g/mol. The summed E-state index contributed by atoms with van der Waals surface area (Å²) in [7, 11) is 1.80. The van der Waals surface area contributed by atoms with E-state index in [0.29, 0.717) is 10.8 Å². The maximum absolute atomic E-state index is 12.9. The van der Waals surface area contributed by atoms with E-state index in [1.54, 1.807) is 24.9 Å². The number of aromatic nitrogens is 3. The van der Waals surface area contributed by atoms with Crippen LogP contribution in [0.2, 0.25) is 0 Å². The van der Waals surface area contributed by atoms with Crippen LogP contribution < -0.4 is 11.1 Å². The summed E-state index contributed by atoms with van der Waals surface area (Å²) in [6.45, 7) is 1.74. The minimum atomic E-state index is -0.443. The van der Waals surface area contributed by atoms with Crippen molar-refractivity contribution in [2.24, 2.45) is 7.05 Å². The van der Waals surface area contributed by atoms with E-state index in [1.807, 2.05) is 0 Å². The molecule has 1 atom stereocenters. The smallest absolute Gasteiger partial charge is 0.237 e. The zero-order valence-corrected chi connectivity index (χ0v) is 11.8. The molecule has 1 unspecified atom stereocenters. The second-order valence-corrected chi connectivity index (χ2v) is 5.51. The van der Waals surface area contributed by atoms with E-state index in [4.69, 9.17) is 5.73 Å². The Morgan fingerprint density at radius 2 is 2.30 bits per heavy atom.